The number of benzene rings is 2. The van der Waals surface area contributed by atoms with E-state index < -0.39 is 0 Å². The predicted octanol–water partition coefficient (Wildman–Crippen LogP) is 5.97. The van der Waals surface area contributed by atoms with E-state index >= 15 is 0 Å². The monoisotopic (exact) mass is 550 g/mol. The number of rotatable bonds is 2. The van der Waals surface area contributed by atoms with E-state index in [1.165, 1.54) is 10.6 Å². The van der Waals surface area contributed by atoms with Crippen molar-refractivity contribution in [3.63, 3.8) is 0 Å². The zero-order chi connectivity index (χ0) is 16.0. The molecule has 0 aliphatic carbocycles. The third-order valence-electron chi connectivity index (χ3n) is 2.95. The maximum absolute atomic E-state index is 2.17. The van der Waals surface area contributed by atoms with Gasteiger partial charge in [-0.1, -0.05) is 69.2 Å². The van der Waals surface area contributed by atoms with Crippen molar-refractivity contribution in [2.75, 3.05) is 0 Å². The molecule has 4 aromatic rings. The third-order valence-corrected chi connectivity index (χ3v) is 4.19. The maximum atomic E-state index is 2.17. The molecule has 0 bridgehead atoms. The van der Waals surface area contributed by atoms with E-state index in [0.29, 0.717) is 0 Å². The van der Waals surface area contributed by atoms with Crippen molar-refractivity contribution < 1.29 is 37.5 Å². The van der Waals surface area contributed by atoms with Gasteiger partial charge in [0, 0.05) is 37.5 Å². The molecule has 0 unspecified atom stereocenters. The van der Waals surface area contributed by atoms with E-state index in [0.717, 1.165) is 8.58 Å². The summed E-state index contributed by atoms with van der Waals surface area (Å²) in [6.07, 6.45) is 0. The molecule has 0 aliphatic rings. The van der Waals surface area contributed by atoms with Gasteiger partial charge in [-0.15, -0.1) is 24.8 Å². The van der Waals surface area contributed by atoms with Gasteiger partial charge in [0.15, 0.2) is 0 Å². The van der Waals surface area contributed by atoms with Crippen molar-refractivity contribution >= 4 is 44.0 Å². The van der Waals surface area contributed by atoms with Crippen LogP contribution in [0.4, 0.5) is 0 Å². The van der Waals surface area contributed by atoms with Crippen LogP contribution in [-0.4, -0.2) is 0 Å². The first-order chi connectivity index (χ1) is 11.4. The zero-order valence-electron chi connectivity index (χ0n) is 14.5. The molecule has 0 aromatic heterocycles. The van der Waals surface area contributed by atoms with Crippen molar-refractivity contribution in [2.45, 2.75) is 0 Å². The van der Waals surface area contributed by atoms with E-state index in [2.05, 4.69) is 60.7 Å². The SMILES string of the molecule is Cl.Cl.[Fe].[Pd].[cH-]1[cH-][cH-][cH-][cH-]1.c1cc[cH-]c1.c1ccc(Pc2ccccc2)cc1. The molecular formula is C22H23Cl2FePPd-6. The first-order valence-corrected chi connectivity index (χ1v) is 8.65. The van der Waals surface area contributed by atoms with Gasteiger partial charge in [0.05, 0.1) is 0 Å². The average Bonchev–Trinajstić information content (AvgIpc) is 3.35. The van der Waals surface area contributed by atoms with Crippen LogP contribution in [0.5, 0.6) is 0 Å². The molecule has 4 rings (SSSR count). The molecule has 27 heavy (non-hydrogen) atoms. The van der Waals surface area contributed by atoms with Gasteiger partial charge in [0.2, 0.25) is 0 Å². The topological polar surface area (TPSA) is 0 Å². The van der Waals surface area contributed by atoms with Crippen molar-refractivity contribution in [1.29, 1.82) is 0 Å². The molecule has 0 atom stereocenters. The molecule has 0 fully saturated rings. The van der Waals surface area contributed by atoms with E-state index in [9.17, 15) is 0 Å². The van der Waals surface area contributed by atoms with E-state index in [1.807, 2.05) is 60.7 Å². The third kappa shape index (κ3) is 16.0. The van der Waals surface area contributed by atoms with Gasteiger partial charge >= 0.3 is 0 Å². The van der Waals surface area contributed by atoms with E-state index in [4.69, 9.17) is 0 Å². The fourth-order valence-electron chi connectivity index (χ4n) is 1.85. The molecule has 0 aliphatic heterocycles. The van der Waals surface area contributed by atoms with Gasteiger partial charge in [0.1, 0.15) is 0 Å². The van der Waals surface area contributed by atoms with Gasteiger partial charge in [-0.05, 0) is 10.6 Å². The Balaban J connectivity index is -0.000000349. The number of hydrogen-bond donors (Lipinski definition) is 0. The first-order valence-electron chi connectivity index (χ1n) is 7.65. The molecule has 5 heteroatoms. The van der Waals surface area contributed by atoms with Crippen LogP contribution in [0.25, 0.3) is 0 Å². The Kier molecular flexibility index (Phi) is 24.9. The Morgan fingerprint density at radius 1 is 0.519 bits per heavy atom. The summed E-state index contributed by atoms with van der Waals surface area (Å²) in [4.78, 5) is 0. The van der Waals surface area contributed by atoms with Crippen LogP contribution >= 0.6 is 33.4 Å². The molecule has 0 nitrogen and oxygen atoms in total. The van der Waals surface area contributed by atoms with Crippen molar-refractivity contribution in [3.8, 4) is 0 Å². The van der Waals surface area contributed by atoms with Crippen LogP contribution in [0.15, 0.2) is 121 Å². The Bertz CT molecular complexity index is 605. The molecular weight excluding hydrogens is 528 g/mol. The molecule has 0 amide bonds. The summed E-state index contributed by atoms with van der Waals surface area (Å²) in [5, 5.41) is 2.79. The second-order valence-corrected chi connectivity index (χ2v) is 6.19. The van der Waals surface area contributed by atoms with Crippen molar-refractivity contribution in [2.24, 2.45) is 0 Å². The second-order valence-electron chi connectivity index (χ2n) is 4.78. The first kappa shape index (κ1) is 31.0. The summed E-state index contributed by atoms with van der Waals surface area (Å²) in [7, 11) is 0.777. The van der Waals surface area contributed by atoms with Gasteiger partial charge in [0.25, 0.3) is 0 Å². The molecule has 0 heterocycles. The van der Waals surface area contributed by atoms with Gasteiger partial charge in [-0.25, -0.2) is 12.1 Å². The van der Waals surface area contributed by atoms with Crippen molar-refractivity contribution in [3.05, 3.63) is 121 Å². The minimum absolute atomic E-state index is 0. The number of halogens is 2. The van der Waals surface area contributed by atoms with Crippen LogP contribution in [0.2, 0.25) is 0 Å². The Labute approximate surface area is 201 Å². The molecule has 154 valence electrons. The van der Waals surface area contributed by atoms with Crippen LogP contribution in [0.3, 0.4) is 0 Å². The zero-order valence-corrected chi connectivity index (χ0v) is 19.8. The fraction of sp³-hybridized carbons (Fsp3) is 0. The standard InChI is InChI=1S/C12H11P.2C5H5.2ClH.Fe.Pd/c1-3-7-11(8-4-1)13-12-9-5-2-6-10-12;2*1-2-4-5-3-1;;;;/h1-10,13H;2*1-5H;2*1H;;/q;-5;-1;;;;. The minimum Gasteiger partial charge on any atom is -0.748 e. The minimum atomic E-state index is 0. The Morgan fingerprint density at radius 2 is 0.852 bits per heavy atom. The maximum Gasteiger partial charge on any atom is 0 e. The quantitative estimate of drug-likeness (QED) is 0.164. The summed E-state index contributed by atoms with van der Waals surface area (Å²) < 4.78 is 0. The van der Waals surface area contributed by atoms with E-state index in [1.54, 1.807) is 0 Å². The molecule has 0 radical (unpaired) electrons. The second kappa shape index (κ2) is 21.6. The molecule has 0 saturated heterocycles. The summed E-state index contributed by atoms with van der Waals surface area (Å²) in [6, 6.07) is 41.2. The summed E-state index contributed by atoms with van der Waals surface area (Å²) in [6.45, 7) is 0. The largest absolute Gasteiger partial charge is 0.748 e. The fourth-order valence-corrected chi connectivity index (χ4v) is 2.90. The normalized spacial score (nSPS) is 7.70. The Hall–Kier alpha value is -0.668. The van der Waals surface area contributed by atoms with Gasteiger partial charge < -0.3 is 30.3 Å². The van der Waals surface area contributed by atoms with Crippen LogP contribution in [0.1, 0.15) is 0 Å². The van der Waals surface area contributed by atoms with Crippen LogP contribution in [-0.2, 0) is 37.5 Å². The summed E-state index contributed by atoms with van der Waals surface area (Å²) in [5.74, 6) is 0. The molecule has 0 N–H and O–H groups in total. The predicted molar refractivity (Wildman–Crippen MR) is 119 cm³/mol. The average molecular weight is 552 g/mol. The van der Waals surface area contributed by atoms with Crippen molar-refractivity contribution in [1.82, 2.24) is 0 Å². The summed E-state index contributed by atoms with van der Waals surface area (Å²) in [5.41, 5.74) is 0. The smallest absolute Gasteiger partial charge is 0 e. The van der Waals surface area contributed by atoms with Gasteiger partial charge in [-0.3, -0.25) is 0 Å². The molecule has 0 saturated carbocycles. The Morgan fingerprint density at radius 3 is 1.11 bits per heavy atom. The van der Waals surface area contributed by atoms with Crippen LogP contribution in [0, 0.1) is 0 Å². The number of hydrogen-bond acceptors (Lipinski definition) is 0. The summed E-state index contributed by atoms with van der Waals surface area (Å²) >= 11 is 0. The van der Waals surface area contributed by atoms with E-state index in [-0.39, 0.29) is 62.3 Å². The molecule has 0 spiro atoms. The van der Waals surface area contributed by atoms with Crippen LogP contribution < -0.4 is 10.6 Å². The van der Waals surface area contributed by atoms with Gasteiger partial charge in [-0.2, -0.15) is 18.2 Å². The molecule has 4 aromatic carbocycles.